The van der Waals surface area contributed by atoms with E-state index in [-0.39, 0.29) is 10.7 Å². The number of phenolic OH excluding ortho intramolecular Hbond substituents is 1. The molecule has 2 N–H and O–H groups in total. The molecule has 2 amide bonds. The molecule has 104 valence electrons. The van der Waals surface area contributed by atoms with E-state index in [4.69, 9.17) is 5.11 Å². The molecule has 1 saturated heterocycles. The van der Waals surface area contributed by atoms with Crippen LogP contribution in [-0.2, 0) is 9.59 Å². The molecule has 1 fully saturated rings. The predicted molar refractivity (Wildman–Crippen MR) is 76.1 cm³/mol. The van der Waals surface area contributed by atoms with E-state index in [0.717, 1.165) is 0 Å². The lowest BCUT2D eigenvalue weighted by atomic mass is 10.2. The van der Waals surface area contributed by atoms with Crippen molar-refractivity contribution in [1.29, 1.82) is 0 Å². The number of aromatic hydroxyl groups is 1. The topological polar surface area (TPSA) is 94.9 Å². The average molecular weight is 358 g/mol. The Morgan fingerprint density at radius 1 is 1.40 bits per heavy atom. The number of nitrogens with zero attached hydrogens (tertiary/aromatic N) is 1. The van der Waals surface area contributed by atoms with Gasteiger partial charge >= 0.3 is 5.97 Å². The third-order valence-corrected chi connectivity index (χ3v) is 3.84. The van der Waals surface area contributed by atoms with Crippen molar-refractivity contribution in [3.8, 4) is 5.75 Å². The maximum Gasteiger partial charge on any atom is 0.323 e. The second kappa shape index (κ2) is 5.68. The molecule has 6 nitrogen and oxygen atoms in total. The molecule has 0 spiro atoms. The summed E-state index contributed by atoms with van der Waals surface area (Å²) in [5, 5.41) is 17.7. The van der Waals surface area contributed by atoms with Gasteiger partial charge < -0.3 is 10.2 Å². The van der Waals surface area contributed by atoms with Crippen LogP contribution in [0.25, 0.3) is 6.08 Å². The summed E-state index contributed by atoms with van der Waals surface area (Å²) < 4.78 is 0.700. The highest BCUT2D eigenvalue weighted by Crippen LogP contribution is 2.34. The van der Waals surface area contributed by atoms with Crippen LogP contribution < -0.4 is 0 Å². The van der Waals surface area contributed by atoms with Crippen LogP contribution in [0.4, 0.5) is 4.79 Å². The van der Waals surface area contributed by atoms with Crippen molar-refractivity contribution < 1.29 is 24.6 Å². The smallest absolute Gasteiger partial charge is 0.323 e. The molecule has 0 saturated carbocycles. The minimum Gasteiger partial charge on any atom is -0.507 e. The van der Waals surface area contributed by atoms with Crippen molar-refractivity contribution in [2.24, 2.45) is 0 Å². The van der Waals surface area contributed by atoms with Gasteiger partial charge in [-0.15, -0.1) is 0 Å². The highest BCUT2D eigenvalue weighted by molar-refractivity contribution is 9.10. The molecule has 20 heavy (non-hydrogen) atoms. The van der Waals surface area contributed by atoms with Crippen LogP contribution in [0.15, 0.2) is 27.6 Å². The Labute approximate surface area is 126 Å². The normalized spacial score (nSPS) is 17.1. The Bertz CT molecular complexity index is 643. The van der Waals surface area contributed by atoms with Gasteiger partial charge in [0.15, 0.2) is 0 Å². The summed E-state index contributed by atoms with van der Waals surface area (Å²) in [5.41, 5.74) is 0.361. The van der Waals surface area contributed by atoms with Gasteiger partial charge in [-0.25, -0.2) is 0 Å². The van der Waals surface area contributed by atoms with Gasteiger partial charge in [-0.3, -0.25) is 19.3 Å². The van der Waals surface area contributed by atoms with Gasteiger partial charge in [0.25, 0.3) is 11.1 Å². The Morgan fingerprint density at radius 3 is 2.75 bits per heavy atom. The van der Waals surface area contributed by atoms with Gasteiger partial charge in [-0.05, 0) is 36.0 Å². The zero-order valence-corrected chi connectivity index (χ0v) is 12.3. The van der Waals surface area contributed by atoms with Crippen molar-refractivity contribution in [2.45, 2.75) is 0 Å². The van der Waals surface area contributed by atoms with E-state index in [1.54, 1.807) is 12.1 Å². The number of amides is 2. The molecule has 2 rings (SSSR count). The standard InChI is InChI=1S/C12H8BrNO5S/c13-7-1-2-8(15)6(3-7)4-9-11(18)14(5-10(16)17)12(19)20-9/h1-4,15H,5H2,(H,16,17). The van der Waals surface area contributed by atoms with Gasteiger partial charge in [0, 0.05) is 10.0 Å². The third-order valence-electron chi connectivity index (χ3n) is 2.44. The quantitative estimate of drug-likeness (QED) is 0.805. The van der Waals surface area contributed by atoms with E-state index in [1.807, 2.05) is 0 Å². The second-order valence-corrected chi connectivity index (χ2v) is 5.77. The van der Waals surface area contributed by atoms with Crippen LogP contribution in [0, 0.1) is 0 Å². The van der Waals surface area contributed by atoms with Crippen molar-refractivity contribution in [3.63, 3.8) is 0 Å². The number of carbonyl (C=O) groups excluding carboxylic acids is 2. The summed E-state index contributed by atoms with van der Waals surface area (Å²) in [6, 6.07) is 4.65. The molecule has 1 aromatic rings. The lowest BCUT2D eigenvalue weighted by Gasteiger charge is -2.07. The number of thioether (sulfide) groups is 1. The molecule has 1 aliphatic heterocycles. The predicted octanol–water partition coefficient (Wildman–Crippen LogP) is 2.28. The molecular formula is C12H8BrNO5S. The monoisotopic (exact) mass is 357 g/mol. The number of hydrogen-bond acceptors (Lipinski definition) is 5. The fourth-order valence-corrected chi connectivity index (χ4v) is 2.76. The Kier molecular flexibility index (Phi) is 4.15. The molecule has 8 heteroatoms. The van der Waals surface area contributed by atoms with Gasteiger partial charge in [0.2, 0.25) is 0 Å². The van der Waals surface area contributed by atoms with Crippen molar-refractivity contribution in [3.05, 3.63) is 33.1 Å². The Hall–Kier alpha value is -1.80. The second-order valence-electron chi connectivity index (χ2n) is 3.86. The van der Waals surface area contributed by atoms with Crippen LogP contribution in [0.3, 0.4) is 0 Å². The molecular weight excluding hydrogens is 350 g/mol. The maximum atomic E-state index is 11.9. The van der Waals surface area contributed by atoms with E-state index >= 15 is 0 Å². The van der Waals surface area contributed by atoms with Gasteiger partial charge in [0.05, 0.1) is 4.91 Å². The fraction of sp³-hybridized carbons (Fsp3) is 0.0833. The summed E-state index contributed by atoms with van der Waals surface area (Å²) in [4.78, 5) is 34.8. The zero-order valence-electron chi connectivity index (χ0n) is 9.87. The van der Waals surface area contributed by atoms with Crippen molar-refractivity contribution in [2.75, 3.05) is 6.54 Å². The van der Waals surface area contributed by atoms with E-state index in [0.29, 0.717) is 26.7 Å². The number of imide groups is 1. The summed E-state index contributed by atoms with van der Waals surface area (Å²) in [7, 11) is 0. The first-order valence-electron chi connectivity index (χ1n) is 5.34. The van der Waals surface area contributed by atoms with Crippen LogP contribution in [0.2, 0.25) is 0 Å². The van der Waals surface area contributed by atoms with E-state index in [1.165, 1.54) is 12.1 Å². The number of carbonyl (C=O) groups is 3. The summed E-state index contributed by atoms with van der Waals surface area (Å²) in [5.74, 6) is -1.99. The molecule has 0 bridgehead atoms. The maximum absolute atomic E-state index is 11.9. The van der Waals surface area contributed by atoms with Crippen molar-refractivity contribution in [1.82, 2.24) is 4.90 Å². The Morgan fingerprint density at radius 2 is 2.10 bits per heavy atom. The summed E-state index contributed by atoms with van der Waals surface area (Å²) in [6.07, 6.45) is 1.35. The van der Waals surface area contributed by atoms with Crippen LogP contribution in [-0.4, -0.2) is 38.8 Å². The molecule has 1 heterocycles. The summed E-state index contributed by atoms with van der Waals surface area (Å²) in [6.45, 7) is -0.674. The third kappa shape index (κ3) is 3.02. The number of hydrogen-bond donors (Lipinski definition) is 2. The molecule has 0 radical (unpaired) electrons. The minimum absolute atomic E-state index is 0.0433. The first-order valence-corrected chi connectivity index (χ1v) is 6.95. The number of phenols is 1. The number of carboxylic acids is 1. The van der Waals surface area contributed by atoms with Crippen LogP contribution in [0.1, 0.15) is 5.56 Å². The highest BCUT2D eigenvalue weighted by atomic mass is 79.9. The van der Waals surface area contributed by atoms with Crippen molar-refractivity contribution >= 4 is 50.9 Å². The lowest BCUT2D eigenvalue weighted by molar-refractivity contribution is -0.140. The van der Waals surface area contributed by atoms with Crippen LogP contribution in [0.5, 0.6) is 5.75 Å². The number of aliphatic carboxylic acids is 1. The Balaban J connectivity index is 2.32. The minimum atomic E-state index is -1.26. The van der Waals surface area contributed by atoms with Gasteiger partial charge in [-0.1, -0.05) is 15.9 Å². The number of rotatable bonds is 3. The number of halogens is 1. The van der Waals surface area contributed by atoms with E-state index in [9.17, 15) is 19.5 Å². The average Bonchev–Trinajstić information content (AvgIpc) is 2.61. The molecule has 0 aromatic heterocycles. The van der Waals surface area contributed by atoms with Gasteiger partial charge in [0.1, 0.15) is 12.3 Å². The van der Waals surface area contributed by atoms with E-state index < -0.39 is 23.7 Å². The van der Waals surface area contributed by atoms with Gasteiger partial charge in [-0.2, -0.15) is 0 Å². The lowest BCUT2D eigenvalue weighted by Crippen LogP contribution is -2.33. The zero-order chi connectivity index (χ0) is 14.9. The molecule has 0 aliphatic carbocycles. The SMILES string of the molecule is O=C(O)CN1C(=O)SC(=Cc2cc(Br)ccc2O)C1=O. The number of carboxylic acid groups (broad SMARTS) is 1. The number of benzene rings is 1. The fourth-order valence-electron chi connectivity index (χ4n) is 1.55. The molecule has 1 aliphatic rings. The molecule has 0 atom stereocenters. The summed E-state index contributed by atoms with van der Waals surface area (Å²) >= 11 is 3.87. The van der Waals surface area contributed by atoms with Crippen LogP contribution >= 0.6 is 27.7 Å². The largest absolute Gasteiger partial charge is 0.507 e. The highest BCUT2D eigenvalue weighted by Gasteiger charge is 2.36. The first kappa shape index (κ1) is 14.6. The van der Waals surface area contributed by atoms with E-state index in [2.05, 4.69) is 15.9 Å². The molecule has 0 unspecified atom stereocenters. The molecule has 1 aromatic carbocycles. The first-order chi connectivity index (χ1) is 9.38.